The third-order valence-electron chi connectivity index (χ3n) is 5.04. The summed E-state index contributed by atoms with van der Waals surface area (Å²) in [7, 11) is -2.24. The first-order valence-electron chi connectivity index (χ1n) is 9.71. The molecule has 1 N–H and O–H groups in total. The normalized spacial score (nSPS) is 17.2. The second-order valence-corrected chi connectivity index (χ2v) is 9.98. The lowest BCUT2D eigenvalue weighted by molar-refractivity contribution is 0.377. The lowest BCUT2D eigenvalue weighted by Gasteiger charge is -2.25. The molecule has 2 aromatic heterocycles. The molecule has 7 nitrogen and oxygen atoms in total. The minimum atomic E-state index is -3.72. The molecule has 0 aliphatic carbocycles. The molecule has 158 valence electrons. The minimum absolute atomic E-state index is 0.184. The zero-order valence-corrected chi connectivity index (χ0v) is 18.8. The summed E-state index contributed by atoms with van der Waals surface area (Å²) in [6, 6.07) is 10.3. The summed E-state index contributed by atoms with van der Waals surface area (Å²) in [5, 5.41) is 6.09. The minimum Gasteiger partial charge on any atom is -0.495 e. The molecule has 1 unspecified atom stereocenters. The van der Waals surface area contributed by atoms with Crippen LogP contribution in [-0.2, 0) is 10.0 Å². The number of aromatic nitrogens is 2. The highest BCUT2D eigenvalue weighted by Gasteiger charge is 2.38. The smallest absolute Gasteiger partial charge is 0.247 e. The topological polar surface area (TPSA) is 84.4 Å². The summed E-state index contributed by atoms with van der Waals surface area (Å²) in [6.45, 7) is 4.31. The lowest BCUT2D eigenvalue weighted by atomic mass is 10.1. The van der Waals surface area contributed by atoms with Crippen LogP contribution in [0.3, 0.4) is 0 Å². The van der Waals surface area contributed by atoms with Crippen molar-refractivity contribution in [2.45, 2.75) is 37.6 Å². The Morgan fingerprint density at radius 1 is 1.17 bits per heavy atom. The number of para-hydroxylation sites is 1. The number of hydrogen-bond acceptors (Lipinski definition) is 7. The Bertz CT molecular complexity index is 1160. The van der Waals surface area contributed by atoms with Crippen LogP contribution in [0.2, 0.25) is 0 Å². The van der Waals surface area contributed by atoms with E-state index in [0.29, 0.717) is 12.3 Å². The monoisotopic (exact) mass is 444 g/mol. The third-order valence-corrected chi connectivity index (χ3v) is 7.87. The number of benzene rings is 1. The van der Waals surface area contributed by atoms with Crippen molar-refractivity contribution in [2.24, 2.45) is 0 Å². The largest absolute Gasteiger partial charge is 0.495 e. The number of thiazole rings is 1. The fourth-order valence-electron chi connectivity index (χ4n) is 3.75. The van der Waals surface area contributed by atoms with Gasteiger partial charge in [0.2, 0.25) is 10.0 Å². The van der Waals surface area contributed by atoms with Crippen molar-refractivity contribution in [2.75, 3.05) is 19.0 Å². The van der Waals surface area contributed by atoms with E-state index >= 15 is 0 Å². The van der Waals surface area contributed by atoms with E-state index in [4.69, 9.17) is 4.74 Å². The number of sulfonamides is 1. The summed E-state index contributed by atoms with van der Waals surface area (Å²) in [5.74, 6) is 0.349. The van der Waals surface area contributed by atoms with Gasteiger partial charge in [-0.1, -0.05) is 12.1 Å². The van der Waals surface area contributed by atoms with Gasteiger partial charge < -0.3 is 10.1 Å². The average Bonchev–Trinajstić information content (AvgIpc) is 3.37. The second kappa shape index (κ2) is 8.33. The molecule has 1 fully saturated rings. The molecular weight excluding hydrogens is 420 g/mol. The molecule has 0 spiro atoms. The second-order valence-electron chi connectivity index (χ2n) is 7.27. The number of hydrogen-bond donors (Lipinski definition) is 1. The fraction of sp³-hybridized carbons (Fsp3) is 0.333. The fourth-order valence-corrected chi connectivity index (χ4v) is 6.29. The summed E-state index contributed by atoms with van der Waals surface area (Å²) < 4.78 is 33.8. The molecule has 4 rings (SSSR count). The van der Waals surface area contributed by atoms with Crippen molar-refractivity contribution in [3.05, 3.63) is 58.9 Å². The SMILES string of the molecule is COc1ccccc1S(=O)(=O)N1CCCC1c1cc(Nc2nc(C)cs2)cc(C)n1. The number of rotatable bonds is 6. The van der Waals surface area contributed by atoms with Crippen molar-refractivity contribution in [3.8, 4) is 5.75 Å². The molecular formula is C21H24N4O3S2. The zero-order chi connectivity index (χ0) is 21.3. The van der Waals surface area contributed by atoms with E-state index in [9.17, 15) is 8.42 Å². The van der Waals surface area contributed by atoms with E-state index in [-0.39, 0.29) is 10.9 Å². The van der Waals surface area contributed by atoms with E-state index in [2.05, 4.69) is 15.3 Å². The van der Waals surface area contributed by atoms with Gasteiger partial charge in [0.1, 0.15) is 10.6 Å². The molecule has 0 bridgehead atoms. The number of nitrogens with one attached hydrogen (secondary N) is 1. The Hall–Kier alpha value is -2.49. The van der Waals surface area contributed by atoms with Gasteiger partial charge in [-0.05, 0) is 51.0 Å². The first-order chi connectivity index (χ1) is 14.4. The summed E-state index contributed by atoms with van der Waals surface area (Å²) >= 11 is 1.53. The standard InChI is InChI=1S/C21H24N4O3S2/c1-14-11-16(24-21-23-15(2)13-29-21)12-17(22-14)18-7-6-10-25(18)30(26,27)20-9-5-4-8-19(20)28-3/h4-5,8-9,11-13,18H,6-7,10H2,1-3H3,(H,22,23,24). The molecule has 1 aliphatic heterocycles. The van der Waals surface area contributed by atoms with Gasteiger partial charge in [0, 0.05) is 23.3 Å². The number of anilines is 2. The summed E-state index contributed by atoms with van der Waals surface area (Å²) in [5.41, 5.74) is 3.37. The van der Waals surface area contributed by atoms with Gasteiger partial charge >= 0.3 is 0 Å². The third kappa shape index (κ3) is 4.05. The van der Waals surface area contributed by atoms with Crippen LogP contribution in [0.4, 0.5) is 10.8 Å². The Balaban J connectivity index is 1.68. The highest BCUT2D eigenvalue weighted by Crippen LogP contribution is 2.39. The molecule has 1 atom stereocenters. The van der Waals surface area contributed by atoms with E-state index in [1.165, 1.54) is 18.4 Å². The first kappa shape index (κ1) is 20.8. The van der Waals surface area contributed by atoms with Crippen molar-refractivity contribution in [1.29, 1.82) is 0 Å². The lowest BCUT2D eigenvalue weighted by Crippen LogP contribution is -2.31. The molecule has 9 heteroatoms. The van der Waals surface area contributed by atoms with E-state index in [1.54, 1.807) is 28.6 Å². The molecule has 3 aromatic rings. The van der Waals surface area contributed by atoms with Gasteiger partial charge in [-0.25, -0.2) is 13.4 Å². The number of ether oxygens (including phenoxy) is 1. The van der Waals surface area contributed by atoms with Gasteiger partial charge in [-0.3, -0.25) is 4.98 Å². The molecule has 1 aromatic carbocycles. The predicted octanol–water partition coefficient (Wildman–Crippen LogP) is 4.43. The summed E-state index contributed by atoms with van der Waals surface area (Å²) in [4.78, 5) is 9.29. The highest BCUT2D eigenvalue weighted by atomic mass is 32.2. The first-order valence-corrected chi connectivity index (χ1v) is 12.0. The van der Waals surface area contributed by atoms with Crippen molar-refractivity contribution in [3.63, 3.8) is 0 Å². The van der Waals surface area contributed by atoms with Crippen LogP contribution in [0, 0.1) is 13.8 Å². The highest BCUT2D eigenvalue weighted by molar-refractivity contribution is 7.89. The van der Waals surface area contributed by atoms with Gasteiger partial charge in [0.05, 0.1) is 24.5 Å². The molecule has 1 saturated heterocycles. The predicted molar refractivity (Wildman–Crippen MR) is 118 cm³/mol. The van der Waals surface area contributed by atoms with Crippen molar-refractivity contribution >= 4 is 32.2 Å². The van der Waals surface area contributed by atoms with Crippen LogP contribution >= 0.6 is 11.3 Å². The maximum atomic E-state index is 13.5. The van der Waals surface area contributed by atoms with Crippen LogP contribution in [0.1, 0.15) is 36.0 Å². The van der Waals surface area contributed by atoms with Crippen molar-refractivity contribution in [1.82, 2.24) is 14.3 Å². The maximum Gasteiger partial charge on any atom is 0.247 e. The molecule has 3 heterocycles. The van der Waals surface area contributed by atoms with Gasteiger partial charge in [0.25, 0.3) is 0 Å². The number of methoxy groups -OCH3 is 1. The quantitative estimate of drug-likeness (QED) is 0.605. The van der Waals surface area contributed by atoms with Crippen LogP contribution in [0.25, 0.3) is 0 Å². The molecule has 30 heavy (non-hydrogen) atoms. The number of pyridine rings is 1. The Labute approximate surface area is 180 Å². The zero-order valence-electron chi connectivity index (χ0n) is 17.1. The van der Waals surface area contributed by atoms with Gasteiger partial charge in [-0.2, -0.15) is 4.31 Å². The maximum absolute atomic E-state index is 13.5. The Kier molecular flexibility index (Phi) is 5.77. The molecule has 0 saturated carbocycles. The molecule has 0 radical (unpaired) electrons. The van der Waals surface area contributed by atoms with Crippen LogP contribution in [0.5, 0.6) is 5.75 Å². The van der Waals surface area contributed by atoms with E-state index in [1.807, 2.05) is 31.4 Å². The van der Waals surface area contributed by atoms with Crippen molar-refractivity contribution < 1.29 is 13.2 Å². The number of aryl methyl sites for hydroxylation is 2. The average molecular weight is 445 g/mol. The van der Waals surface area contributed by atoms with Crippen LogP contribution < -0.4 is 10.1 Å². The molecule has 1 aliphatic rings. The van der Waals surface area contributed by atoms with E-state index in [0.717, 1.165) is 40.7 Å². The summed E-state index contributed by atoms with van der Waals surface area (Å²) in [6.07, 6.45) is 1.50. The Morgan fingerprint density at radius 2 is 1.97 bits per heavy atom. The Morgan fingerprint density at radius 3 is 2.70 bits per heavy atom. The van der Waals surface area contributed by atoms with Gasteiger partial charge in [0.15, 0.2) is 5.13 Å². The van der Waals surface area contributed by atoms with Crippen LogP contribution in [0.15, 0.2) is 46.7 Å². The van der Waals surface area contributed by atoms with E-state index < -0.39 is 10.0 Å². The molecule has 0 amide bonds. The van der Waals surface area contributed by atoms with Gasteiger partial charge in [-0.15, -0.1) is 11.3 Å². The van der Waals surface area contributed by atoms with Crippen LogP contribution in [-0.4, -0.2) is 36.3 Å². The number of nitrogens with zero attached hydrogens (tertiary/aromatic N) is 3.